The number of carbonyl (C=O) groups excluding carboxylic acids is 1. The van der Waals surface area contributed by atoms with E-state index in [1.807, 2.05) is 74.5 Å². The fourth-order valence-corrected chi connectivity index (χ4v) is 4.25. The zero-order valence-electron chi connectivity index (χ0n) is 16.5. The summed E-state index contributed by atoms with van der Waals surface area (Å²) in [6.45, 7) is 4.70. The average molecular weight is 406 g/mol. The molecule has 0 unspecified atom stereocenters. The van der Waals surface area contributed by atoms with E-state index in [9.17, 15) is 4.79 Å². The zero-order valence-corrected chi connectivity index (χ0v) is 17.3. The van der Waals surface area contributed by atoms with E-state index in [1.165, 1.54) is 0 Å². The molecule has 0 aliphatic carbocycles. The minimum absolute atomic E-state index is 0.0241. The molecule has 2 aromatic carbocycles. The van der Waals surface area contributed by atoms with Crippen LogP contribution in [0.5, 0.6) is 0 Å². The highest BCUT2D eigenvalue weighted by molar-refractivity contribution is 7.22. The standard InChI is InChI=1S/C23H23N3O2S/c1-16-8-6-12-20-22(16)25-23(29-20)26(15-18-9-4-3-5-10-18)21(27)14-24-17(2)19-11-7-13-28-19/h3-13,17,24H,14-15H2,1-2H3/t17-/m1/s1. The third-order valence-corrected chi connectivity index (χ3v) is 5.90. The Hall–Kier alpha value is -2.96. The molecule has 0 saturated carbocycles. The largest absolute Gasteiger partial charge is 0.468 e. The summed E-state index contributed by atoms with van der Waals surface area (Å²) in [5.41, 5.74) is 3.13. The lowest BCUT2D eigenvalue weighted by Crippen LogP contribution is -2.38. The highest BCUT2D eigenvalue weighted by atomic mass is 32.1. The van der Waals surface area contributed by atoms with Crippen LogP contribution in [0.1, 0.15) is 29.9 Å². The van der Waals surface area contributed by atoms with Crippen LogP contribution in [-0.4, -0.2) is 17.4 Å². The van der Waals surface area contributed by atoms with E-state index in [0.29, 0.717) is 6.54 Å². The number of benzene rings is 2. The highest BCUT2D eigenvalue weighted by Crippen LogP contribution is 2.31. The molecule has 2 aromatic heterocycles. The van der Waals surface area contributed by atoms with E-state index in [0.717, 1.165) is 32.2 Å². The maximum atomic E-state index is 13.2. The second kappa shape index (κ2) is 8.59. The molecule has 5 nitrogen and oxygen atoms in total. The van der Waals surface area contributed by atoms with Crippen LogP contribution in [-0.2, 0) is 11.3 Å². The van der Waals surface area contributed by atoms with Gasteiger partial charge in [-0.15, -0.1) is 0 Å². The van der Waals surface area contributed by atoms with Gasteiger partial charge in [-0.2, -0.15) is 0 Å². The minimum Gasteiger partial charge on any atom is -0.468 e. The van der Waals surface area contributed by atoms with Crippen LogP contribution in [0.25, 0.3) is 10.2 Å². The van der Waals surface area contributed by atoms with Gasteiger partial charge in [-0.1, -0.05) is 53.8 Å². The molecule has 0 saturated heterocycles. The molecule has 2 heterocycles. The number of aryl methyl sites for hydroxylation is 1. The fourth-order valence-electron chi connectivity index (χ4n) is 3.19. The van der Waals surface area contributed by atoms with Crippen LogP contribution in [0.4, 0.5) is 5.13 Å². The number of anilines is 1. The Labute approximate surface area is 174 Å². The zero-order chi connectivity index (χ0) is 20.2. The van der Waals surface area contributed by atoms with Gasteiger partial charge in [-0.05, 0) is 43.2 Å². The van der Waals surface area contributed by atoms with Crippen molar-refractivity contribution >= 4 is 32.6 Å². The fraction of sp³-hybridized carbons (Fsp3) is 0.217. The molecule has 0 fully saturated rings. The van der Waals surface area contributed by atoms with Gasteiger partial charge in [0.15, 0.2) is 5.13 Å². The van der Waals surface area contributed by atoms with Crippen LogP contribution in [0.15, 0.2) is 71.3 Å². The first kappa shape index (κ1) is 19.4. The molecule has 6 heteroatoms. The predicted molar refractivity (Wildman–Crippen MR) is 117 cm³/mol. The summed E-state index contributed by atoms with van der Waals surface area (Å²) >= 11 is 1.55. The van der Waals surface area contributed by atoms with Gasteiger partial charge in [-0.3, -0.25) is 15.0 Å². The number of nitrogens with zero attached hydrogens (tertiary/aromatic N) is 2. The van der Waals surface area contributed by atoms with Gasteiger partial charge in [0.1, 0.15) is 5.76 Å². The van der Waals surface area contributed by atoms with Crippen LogP contribution in [0, 0.1) is 6.92 Å². The third kappa shape index (κ3) is 4.39. The lowest BCUT2D eigenvalue weighted by atomic mass is 10.2. The molecule has 1 atom stereocenters. The Kier molecular flexibility index (Phi) is 5.74. The van der Waals surface area contributed by atoms with Crippen molar-refractivity contribution < 1.29 is 9.21 Å². The van der Waals surface area contributed by atoms with E-state index in [1.54, 1.807) is 22.5 Å². The number of rotatable bonds is 7. The molecule has 0 radical (unpaired) electrons. The first-order valence-electron chi connectivity index (χ1n) is 9.59. The lowest BCUT2D eigenvalue weighted by Gasteiger charge is -2.21. The smallest absolute Gasteiger partial charge is 0.243 e. The molecule has 0 aliphatic heterocycles. The second-order valence-corrected chi connectivity index (χ2v) is 8.01. The van der Waals surface area contributed by atoms with Crippen molar-refractivity contribution in [2.24, 2.45) is 0 Å². The van der Waals surface area contributed by atoms with Crippen molar-refractivity contribution in [3.63, 3.8) is 0 Å². The molecule has 0 bridgehead atoms. The predicted octanol–water partition coefficient (Wildman–Crippen LogP) is 5.08. The molecule has 1 amide bonds. The van der Waals surface area contributed by atoms with Gasteiger partial charge in [-0.25, -0.2) is 4.98 Å². The first-order chi connectivity index (χ1) is 14.1. The Morgan fingerprint density at radius 3 is 2.69 bits per heavy atom. The SMILES string of the molecule is Cc1cccc2sc(N(Cc3ccccc3)C(=O)CN[C@H](C)c3ccco3)nc12. The Balaban J connectivity index is 1.58. The molecular weight excluding hydrogens is 382 g/mol. The third-order valence-electron chi connectivity index (χ3n) is 4.85. The normalized spacial score (nSPS) is 12.2. The Bertz CT molecular complexity index is 1090. The van der Waals surface area contributed by atoms with Gasteiger partial charge < -0.3 is 4.42 Å². The van der Waals surface area contributed by atoms with Gasteiger partial charge in [0, 0.05) is 0 Å². The van der Waals surface area contributed by atoms with E-state index in [-0.39, 0.29) is 18.5 Å². The highest BCUT2D eigenvalue weighted by Gasteiger charge is 2.21. The van der Waals surface area contributed by atoms with E-state index in [2.05, 4.69) is 5.32 Å². The summed E-state index contributed by atoms with van der Waals surface area (Å²) in [5.74, 6) is 0.784. The number of hydrogen-bond donors (Lipinski definition) is 1. The number of amides is 1. The number of furan rings is 1. The Morgan fingerprint density at radius 1 is 1.14 bits per heavy atom. The van der Waals surface area contributed by atoms with Crippen molar-refractivity contribution in [2.45, 2.75) is 26.4 Å². The molecular formula is C23H23N3O2S. The maximum Gasteiger partial charge on any atom is 0.243 e. The molecule has 148 valence electrons. The van der Waals surface area contributed by atoms with E-state index >= 15 is 0 Å². The molecule has 0 aliphatic rings. The average Bonchev–Trinajstić information content (AvgIpc) is 3.41. The van der Waals surface area contributed by atoms with Crippen LogP contribution in [0.3, 0.4) is 0 Å². The van der Waals surface area contributed by atoms with Gasteiger partial charge in [0.25, 0.3) is 0 Å². The second-order valence-electron chi connectivity index (χ2n) is 7.00. The lowest BCUT2D eigenvalue weighted by molar-refractivity contribution is -0.118. The van der Waals surface area contributed by atoms with Crippen LogP contribution < -0.4 is 10.2 Å². The van der Waals surface area contributed by atoms with Crippen molar-refractivity contribution in [1.82, 2.24) is 10.3 Å². The quantitative estimate of drug-likeness (QED) is 0.466. The number of thiazole rings is 1. The van der Waals surface area contributed by atoms with E-state index < -0.39 is 0 Å². The number of nitrogens with one attached hydrogen (secondary N) is 1. The van der Waals surface area contributed by atoms with Crippen molar-refractivity contribution in [1.29, 1.82) is 0 Å². The summed E-state index contributed by atoms with van der Waals surface area (Å²) in [5, 5.41) is 3.98. The van der Waals surface area contributed by atoms with Gasteiger partial charge >= 0.3 is 0 Å². The van der Waals surface area contributed by atoms with Crippen LogP contribution in [0.2, 0.25) is 0 Å². The topological polar surface area (TPSA) is 58.4 Å². The molecule has 4 aromatic rings. The molecule has 1 N–H and O–H groups in total. The minimum atomic E-state index is -0.0508. The van der Waals surface area contributed by atoms with Crippen molar-refractivity contribution in [3.8, 4) is 0 Å². The monoisotopic (exact) mass is 405 g/mol. The first-order valence-corrected chi connectivity index (χ1v) is 10.4. The summed E-state index contributed by atoms with van der Waals surface area (Å²) in [6.07, 6.45) is 1.64. The molecule has 29 heavy (non-hydrogen) atoms. The summed E-state index contributed by atoms with van der Waals surface area (Å²) in [4.78, 5) is 19.7. The molecule has 4 rings (SSSR count). The Morgan fingerprint density at radius 2 is 1.97 bits per heavy atom. The maximum absolute atomic E-state index is 13.2. The number of fused-ring (bicyclic) bond motifs is 1. The van der Waals surface area contributed by atoms with E-state index in [4.69, 9.17) is 9.40 Å². The van der Waals surface area contributed by atoms with Gasteiger partial charge in [0.05, 0.1) is 35.6 Å². The van der Waals surface area contributed by atoms with Crippen molar-refractivity contribution in [3.05, 3.63) is 83.8 Å². The number of aromatic nitrogens is 1. The summed E-state index contributed by atoms with van der Waals surface area (Å²) in [6, 6.07) is 19.8. The van der Waals surface area contributed by atoms with Crippen molar-refractivity contribution in [2.75, 3.05) is 11.4 Å². The molecule has 0 spiro atoms. The number of para-hydroxylation sites is 1. The summed E-state index contributed by atoms with van der Waals surface area (Å²) in [7, 11) is 0. The summed E-state index contributed by atoms with van der Waals surface area (Å²) < 4.78 is 6.51. The van der Waals surface area contributed by atoms with Gasteiger partial charge in [0.2, 0.25) is 5.91 Å². The number of carbonyl (C=O) groups is 1. The van der Waals surface area contributed by atoms with Crippen LogP contribution >= 0.6 is 11.3 Å². The number of hydrogen-bond acceptors (Lipinski definition) is 5.